The van der Waals surface area contributed by atoms with Crippen LogP contribution in [0, 0.1) is 0 Å². The molecule has 1 heterocycles. The van der Waals surface area contributed by atoms with E-state index in [1.165, 1.54) is 4.90 Å². The van der Waals surface area contributed by atoms with Crippen molar-refractivity contribution in [2.24, 2.45) is 0 Å². The maximum absolute atomic E-state index is 11.8. The molecule has 5 nitrogen and oxygen atoms in total. The molecule has 1 aliphatic rings. The van der Waals surface area contributed by atoms with Crippen LogP contribution in [0.2, 0.25) is 0 Å². The first kappa shape index (κ1) is 12.0. The van der Waals surface area contributed by atoms with Gasteiger partial charge in [0.15, 0.2) is 0 Å². The van der Waals surface area contributed by atoms with Crippen LogP contribution in [0.3, 0.4) is 0 Å². The maximum Gasteiger partial charge on any atom is 0.326 e. The summed E-state index contributed by atoms with van der Waals surface area (Å²) >= 11 is 0. The average Bonchev–Trinajstić information content (AvgIpc) is 2.65. The number of carboxylic acid groups (broad SMARTS) is 1. The predicted octanol–water partition coefficient (Wildman–Crippen LogP) is 0.487. The second-order valence-electron chi connectivity index (χ2n) is 3.63. The Labute approximate surface area is 89.0 Å². The Kier molecular flexibility index (Phi) is 4.08. The molecular formula is C10H17NO4. The van der Waals surface area contributed by atoms with Crippen LogP contribution in [0.1, 0.15) is 26.7 Å². The largest absolute Gasteiger partial charge is 0.480 e. The summed E-state index contributed by atoms with van der Waals surface area (Å²) in [6.07, 6.45) is 0.747. The van der Waals surface area contributed by atoms with Crippen LogP contribution in [0.15, 0.2) is 0 Å². The summed E-state index contributed by atoms with van der Waals surface area (Å²) in [5.41, 5.74) is 0. The fourth-order valence-corrected chi connectivity index (χ4v) is 1.84. The van der Waals surface area contributed by atoms with Crippen molar-refractivity contribution in [1.82, 2.24) is 4.90 Å². The van der Waals surface area contributed by atoms with Crippen molar-refractivity contribution in [2.75, 3.05) is 13.2 Å². The van der Waals surface area contributed by atoms with Crippen LogP contribution < -0.4 is 0 Å². The Morgan fingerprint density at radius 2 is 2.27 bits per heavy atom. The molecule has 5 heteroatoms. The summed E-state index contributed by atoms with van der Waals surface area (Å²) in [5, 5.41) is 8.91. The van der Waals surface area contributed by atoms with Crippen LogP contribution in [0.5, 0.6) is 0 Å². The third-order valence-corrected chi connectivity index (χ3v) is 2.59. The molecule has 1 fully saturated rings. The van der Waals surface area contributed by atoms with E-state index in [2.05, 4.69) is 0 Å². The number of carbonyl (C=O) groups excluding carboxylic acids is 1. The minimum Gasteiger partial charge on any atom is -0.480 e. The molecule has 0 bridgehead atoms. The monoisotopic (exact) mass is 215 g/mol. The highest BCUT2D eigenvalue weighted by Crippen LogP contribution is 2.18. The number of likely N-dealkylation sites (tertiary alicyclic amines) is 1. The zero-order valence-corrected chi connectivity index (χ0v) is 9.10. The minimum atomic E-state index is -0.926. The number of rotatable bonds is 4. The van der Waals surface area contributed by atoms with Crippen molar-refractivity contribution >= 4 is 11.9 Å². The van der Waals surface area contributed by atoms with Crippen molar-refractivity contribution in [1.29, 1.82) is 0 Å². The van der Waals surface area contributed by atoms with Crippen LogP contribution >= 0.6 is 0 Å². The molecule has 1 aliphatic heterocycles. The summed E-state index contributed by atoms with van der Waals surface area (Å²) in [5.74, 6) is -1.15. The Hall–Kier alpha value is -1.10. The first-order valence-corrected chi connectivity index (χ1v) is 5.22. The molecule has 0 aromatic heterocycles. The molecule has 0 aliphatic carbocycles. The molecule has 1 saturated heterocycles. The highest BCUT2D eigenvalue weighted by atomic mass is 16.5. The van der Waals surface area contributed by atoms with Gasteiger partial charge in [0.2, 0.25) is 0 Å². The van der Waals surface area contributed by atoms with Crippen LogP contribution in [-0.2, 0) is 14.3 Å². The molecule has 1 rings (SSSR count). The lowest BCUT2D eigenvalue weighted by Crippen LogP contribution is -2.45. The summed E-state index contributed by atoms with van der Waals surface area (Å²) < 4.78 is 5.16. The Bertz CT molecular complexity index is 254. The molecular weight excluding hydrogens is 198 g/mol. The first-order valence-electron chi connectivity index (χ1n) is 5.22. The van der Waals surface area contributed by atoms with Crippen molar-refractivity contribution in [3.05, 3.63) is 0 Å². The van der Waals surface area contributed by atoms with Crippen molar-refractivity contribution < 1.29 is 19.4 Å². The SMILES string of the molecule is CCOC(C)C(=O)N1CCC[C@H]1C(=O)O. The van der Waals surface area contributed by atoms with E-state index >= 15 is 0 Å². The summed E-state index contributed by atoms with van der Waals surface area (Å²) in [6, 6.07) is -0.666. The average molecular weight is 215 g/mol. The van der Waals surface area contributed by atoms with Gasteiger partial charge in [-0.15, -0.1) is 0 Å². The third-order valence-electron chi connectivity index (χ3n) is 2.59. The van der Waals surface area contributed by atoms with E-state index in [0.29, 0.717) is 19.6 Å². The van der Waals surface area contributed by atoms with E-state index in [0.717, 1.165) is 6.42 Å². The van der Waals surface area contributed by atoms with Gasteiger partial charge in [-0.1, -0.05) is 0 Å². The number of carbonyl (C=O) groups is 2. The molecule has 0 spiro atoms. The molecule has 86 valence electrons. The van der Waals surface area contributed by atoms with E-state index in [1.54, 1.807) is 6.92 Å². The molecule has 2 atom stereocenters. The quantitative estimate of drug-likeness (QED) is 0.741. The minimum absolute atomic E-state index is 0.221. The predicted molar refractivity (Wildman–Crippen MR) is 53.5 cm³/mol. The van der Waals surface area contributed by atoms with Gasteiger partial charge in [-0.05, 0) is 26.7 Å². The van der Waals surface area contributed by atoms with Gasteiger partial charge in [-0.25, -0.2) is 4.79 Å². The van der Waals surface area contributed by atoms with Crippen LogP contribution in [-0.4, -0.2) is 47.2 Å². The Morgan fingerprint density at radius 1 is 1.60 bits per heavy atom. The number of amides is 1. The number of aliphatic carboxylic acids is 1. The Balaban J connectivity index is 2.62. The number of nitrogens with zero attached hydrogens (tertiary/aromatic N) is 1. The smallest absolute Gasteiger partial charge is 0.326 e. The molecule has 1 amide bonds. The maximum atomic E-state index is 11.8. The second kappa shape index (κ2) is 5.11. The number of hydrogen-bond donors (Lipinski definition) is 1. The normalized spacial score (nSPS) is 22.8. The van der Waals surface area contributed by atoms with Gasteiger partial charge in [0.05, 0.1) is 0 Å². The molecule has 0 saturated carbocycles. The Morgan fingerprint density at radius 3 is 2.80 bits per heavy atom. The van der Waals surface area contributed by atoms with Gasteiger partial charge in [-0.2, -0.15) is 0 Å². The fraction of sp³-hybridized carbons (Fsp3) is 0.800. The zero-order chi connectivity index (χ0) is 11.4. The van der Waals surface area contributed by atoms with Crippen molar-refractivity contribution in [2.45, 2.75) is 38.8 Å². The first-order chi connectivity index (χ1) is 7.07. The number of carboxylic acids is 1. The summed E-state index contributed by atoms with van der Waals surface area (Å²) in [4.78, 5) is 24.1. The van der Waals surface area contributed by atoms with Gasteiger partial charge in [-0.3, -0.25) is 4.79 Å². The van der Waals surface area contributed by atoms with Crippen molar-refractivity contribution in [3.63, 3.8) is 0 Å². The lowest BCUT2D eigenvalue weighted by molar-refractivity contribution is -0.153. The van der Waals surface area contributed by atoms with E-state index in [9.17, 15) is 9.59 Å². The molecule has 1 unspecified atom stereocenters. The lowest BCUT2D eigenvalue weighted by Gasteiger charge is -2.24. The molecule has 0 radical (unpaired) electrons. The number of hydrogen-bond acceptors (Lipinski definition) is 3. The van der Waals surface area contributed by atoms with Gasteiger partial charge in [0.25, 0.3) is 5.91 Å². The van der Waals surface area contributed by atoms with E-state index in [1.807, 2.05) is 6.92 Å². The summed E-state index contributed by atoms with van der Waals surface area (Å²) in [7, 11) is 0. The summed E-state index contributed by atoms with van der Waals surface area (Å²) in [6.45, 7) is 4.44. The van der Waals surface area contributed by atoms with E-state index < -0.39 is 18.1 Å². The highest BCUT2D eigenvalue weighted by Gasteiger charge is 2.35. The third kappa shape index (κ3) is 2.68. The van der Waals surface area contributed by atoms with Gasteiger partial charge in [0, 0.05) is 13.2 Å². The molecule has 1 N–H and O–H groups in total. The van der Waals surface area contributed by atoms with Crippen LogP contribution in [0.4, 0.5) is 0 Å². The molecule has 15 heavy (non-hydrogen) atoms. The van der Waals surface area contributed by atoms with Gasteiger partial charge >= 0.3 is 5.97 Å². The standard InChI is InChI=1S/C10H17NO4/c1-3-15-7(2)9(12)11-6-4-5-8(11)10(13)14/h7-8H,3-6H2,1-2H3,(H,13,14)/t7?,8-/m0/s1. The van der Waals surface area contributed by atoms with E-state index in [-0.39, 0.29) is 5.91 Å². The lowest BCUT2D eigenvalue weighted by atomic mass is 10.2. The molecule has 0 aromatic rings. The van der Waals surface area contributed by atoms with E-state index in [4.69, 9.17) is 9.84 Å². The molecule has 0 aromatic carbocycles. The fourth-order valence-electron chi connectivity index (χ4n) is 1.84. The van der Waals surface area contributed by atoms with Gasteiger partial charge in [0.1, 0.15) is 12.1 Å². The highest BCUT2D eigenvalue weighted by molar-refractivity contribution is 5.86. The topological polar surface area (TPSA) is 66.8 Å². The van der Waals surface area contributed by atoms with Crippen molar-refractivity contribution in [3.8, 4) is 0 Å². The van der Waals surface area contributed by atoms with Gasteiger partial charge < -0.3 is 14.7 Å². The second-order valence-corrected chi connectivity index (χ2v) is 3.63. The van der Waals surface area contributed by atoms with Crippen LogP contribution in [0.25, 0.3) is 0 Å². The zero-order valence-electron chi connectivity index (χ0n) is 9.10. The number of ether oxygens (including phenoxy) is 1.